The molecule has 1 aromatic carbocycles. The van der Waals surface area contributed by atoms with Gasteiger partial charge < -0.3 is 9.47 Å². The van der Waals surface area contributed by atoms with Crippen molar-refractivity contribution in [2.24, 2.45) is 0 Å². The minimum atomic E-state index is 0.0296. The van der Waals surface area contributed by atoms with E-state index in [9.17, 15) is 0 Å². The van der Waals surface area contributed by atoms with Crippen LogP contribution in [0.1, 0.15) is 26.3 Å². The Kier molecular flexibility index (Phi) is 4.15. The standard InChI is InChI=1S/C13H20O2/c1-5-15-12-8-6-7-11(9-12)13(2,3)10-14-4/h6-9H,5,10H2,1-4H3. The van der Waals surface area contributed by atoms with Gasteiger partial charge in [-0.3, -0.25) is 0 Å². The third kappa shape index (κ3) is 3.24. The molecule has 2 heteroatoms. The van der Waals surface area contributed by atoms with Gasteiger partial charge in [0.1, 0.15) is 5.75 Å². The Morgan fingerprint density at radius 2 is 2.00 bits per heavy atom. The van der Waals surface area contributed by atoms with Crippen LogP contribution in [-0.2, 0) is 10.2 Å². The molecule has 0 radical (unpaired) electrons. The number of hydrogen-bond acceptors (Lipinski definition) is 2. The van der Waals surface area contributed by atoms with Crippen LogP contribution in [0.2, 0.25) is 0 Å². The molecule has 1 rings (SSSR count). The molecule has 2 nitrogen and oxygen atoms in total. The molecule has 0 fully saturated rings. The molecule has 0 heterocycles. The van der Waals surface area contributed by atoms with Crippen molar-refractivity contribution >= 4 is 0 Å². The zero-order valence-electron chi connectivity index (χ0n) is 10.0. The van der Waals surface area contributed by atoms with Crippen molar-refractivity contribution in [1.29, 1.82) is 0 Å². The van der Waals surface area contributed by atoms with E-state index in [1.165, 1.54) is 5.56 Å². The number of ether oxygens (including phenoxy) is 2. The zero-order chi connectivity index (χ0) is 11.3. The molecular weight excluding hydrogens is 188 g/mol. The summed E-state index contributed by atoms with van der Waals surface area (Å²) in [6, 6.07) is 8.21. The Morgan fingerprint density at radius 3 is 2.60 bits per heavy atom. The summed E-state index contributed by atoms with van der Waals surface area (Å²) in [4.78, 5) is 0. The molecule has 84 valence electrons. The molecule has 0 amide bonds. The van der Waals surface area contributed by atoms with Gasteiger partial charge >= 0.3 is 0 Å². The van der Waals surface area contributed by atoms with Crippen LogP contribution < -0.4 is 4.74 Å². The van der Waals surface area contributed by atoms with Crippen molar-refractivity contribution < 1.29 is 9.47 Å². The number of hydrogen-bond donors (Lipinski definition) is 0. The van der Waals surface area contributed by atoms with E-state index in [0.29, 0.717) is 13.2 Å². The average molecular weight is 208 g/mol. The number of methoxy groups -OCH3 is 1. The summed E-state index contributed by atoms with van der Waals surface area (Å²) in [6.07, 6.45) is 0. The monoisotopic (exact) mass is 208 g/mol. The second-order valence-corrected chi connectivity index (χ2v) is 4.28. The summed E-state index contributed by atoms with van der Waals surface area (Å²) < 4.78 is 10.7. The molecule has 0 aliphatic rings. The molecular formula is C13H20O2. The van der Waals surface area contributed by atoms with Gasteiger partial charge in [0.2, 0.25) is 0 Å². The lowest BCUT2D eigenvalue weighted by molar-refractivity contribution is 0.146. The SMILES string of the molecule is CCOc1cccc(C(C)(C)COC)c1. The minimum Gasteiger partial charge on any atom is -0.494 e. The van der Waals surface area contributed by atoms with Gasteiger partial charge in [0.15, 0.2) is 0 Å². The first-order chi connectivity index (χ1) is 7.10. The average Bonchev–Trinajstić information content (AvgIpc) is 2.19. The van der Waals surface area contributed by atoms with Crippen molar-refractivity contribution in [1.82, 2.24) is 0 Å². The highest BCUT2D eigenvalue weighted by Crippen LogP contribution is 2.26. The van der Waals surface area contributed by atoms with Crippen LogP contribution in [0.25, 0.3) is 0 Å². The summed E-state index contributed by atoms with van der Waals surface area (Å²) in [5, 5.41) is 0. The van der Waals surface area contributed by atoms with E-state index in [0.717, 1.165) is 5.75 Å². The van der Waals surface area contributed by atoms with Gasteiger partial charge in [0.05, 0.1) is 13.2 Å². The molecule has 1 aromatic rings. The fourth-order valence-electron chi connectivity index (χ4n) is 1.62. The number of benzene rings is 1. The van der Waals surface area contributed by atoms with Gasteiger partial charge in [-0.05, 0) is 24.6 Å². The van der Waals surface area contributed by atoms with Gasteiger partial charge in [-0.15, -0.1) is 0 Å². The maximum Gasteiger partial charge on any atom is 0.119 e. The van der Waals surface area contributed by atoms with Crippen LogP contribution >= 0.6 is 0 Å². The van der Waals surface area contributed by atoms with Gasteiger partial charge in [-0.1, -0.05) is 26.0 Å². The summed E-state index contributed by atoms with van der Waals surface area (Å²) in [7, 11) is 1.73. The summed E-state index contributed by atoms with van der Waals surface area (Å²) in [5.41, 5.74) is 1.28. The van der Waals surface area contributed by atoms with E-state index in [1.54, 1.807) is 7.11 Å². The predicted molar refractivity (Wildman–Crippen MR) is 62.5 cm³/mol. The third-order valence-corrected chi connectivity index (χ3v) is 2.43. The fraction of sp³-hybridized carbons (Fsp3) is 0.538. The first-order valence-electron chi connectivity index (χ1n) is 5.32. The van der Waals surface area contributed by atoms with Gasteiger partial charge in [-0.25, -0.2) is 0 Å². The Labute approximate surface area is 92.2 Å². The molecule has 0 saturated carbocycles. The molecule has 15 heavy (non-hydrogen) atoms. The van der Waals surface area contributed by atoms with E-state index >= 15 is 0 Å². The molecule has 0 N–H and O–H groups in total. The normalized spacial score (nSPS) is 11.5. The van der Waals surface area contributed by atoms with Crippen LogP contribution in [0.4, 0.5) is 0 Å². The van der Waals surface area contributed by atoms with Crippen LogP contribution in [0, 0.1) is 0 Å². The summed E-state index contributed by atoms with van der Waals surface area (Å²) in [6.45, 7) is 7.74. The lowest BCUT2D eigenvalue weighted by Crippen LogP contribution is -2.23. The van der Waals surface area contributed by atoms with Gasteiger partial charge in [0.25, 0.3) is 0 Å². The van der Waals surface area contributed by atoms with Crippen molar-refractivity contribution in [3.05, 3.63) is 29.8 Å². The predicted octanol–water partition coefficient (Wildman–Crippen LogP) is 3.01. The van der Waals surface area contributed by atoms with E-state index in [-0.39, 0.29) is 5.41 Å². The molecule has 0 unspecified atom stereocenters. The van der Waals surface area contributed by atoms with Crippen LogP contribution in [0.3, 0.4) is 0 Å². The molecule has 0 bridgehead atoms. The molecule has 0 spiro atoms. The van der Waals surface area contributed by atoms with E-state index in [4.69, 9.17) is 9.47 Å². The number of rotatable bonds is 5. The topological polar surface area (TPSA) is 18.5 Å². The Hall–Kier alpha value is -1.02. The maximum absolute atomic E-state index is 5.48. The molecule has 0 aliphatic heterocycles. The third-order valence-electron chi connectivity index (χ3n) is 2.43. The van der Waals surface area contributed by atoms with Crippen molar-refractivity contribution in [3.63, 3.8) is 0 Å². The maximum atomic E-state index is 5.48. The second kappa shape index (κ2) is 5.17. The largest absolute Gasteiger partial charge is 0.494 e. The van der Waals surface area contributed by atoms with Gasteiger partial charge in [0, 0.05) is 12.5 Å². The zero-order valence-corrected chi connectivity index (χ0v) is 10.0. The Bertz CT molecular complexity index is 305. The Balaban J connectivity index is 2.88. The summed E-state index contributed by atoms with van der Waals surface area (Å²) in [5.74, 6) is 0.930. The van der Waals surface area contributed by atoms with E-state index in [2.05, 4.69) is 26.0 Å². The fourth-order valence-corrected chi connectivity index (χ4v) is 1.62. The Morgan fingerprint density at radius 1 is 1.27 bits per heavy atom. The molecule has 0 aromatic heterocycles. The molecule has 0 saturated heterocycles. The minimum absolute atomic E-state index is 0.0296. The van der Waals surface area contributed by atoms with Crippen LogP contribution in [-0.4, -0.2) is 20.3 Å². The van der Waals surface area contributed by atoms with Gasteiger partial charge in [-0.2, -0.15) is 0 Å². The van der Waals surface area contributed by atoms with Crippen molar-refractivity contribution in [2.45, 2.75) is 26.2 Å². The quantitative estimate of drug-likeness (QED) is 0.740. The lowest BCUT2D eigenvalue weighted by atomic mass is 9.85. The first kappa shape index (κ1) is 12.1. The smallest absolute Gasteiger partial charge is 0.119 e. The van der Waals surface area contributed by atoms with Crippen LogP contribution in [0.15, 0.2) is 24.3 Å². The first-order valence-corrected chi connectivity index (χ1v) is 5.32. The molecule has 0 aliphatic carbocycles. The lowest BCUT2D eigenvalue weighted by Gasteiger charge is -2.24. The van der Waals surface area contributed by atoms with Crippen molar-refractivity contribution in [3.8, 4) is 5.75 Å². The molecule has 0 atom stereocenters. The second-order valence-electron chi connectivity index (χ2n) is 4.28. The summed E-state index contributed by atoms with van der Waals surface area (Å²) >= 11 is 0. The van der Waals surface area contributed by atoms with E-state index < -0.39 is 0 Å². The van der Waals surface area contributed by atoms with Crippen LogP contribution in [0.5, 0.6) is 5.75 Å². The van der Waals surface area contributed by atoms with Crippen molar-refractivity contribution in [2.75, 3.05) is 20.3 Å². The van der Waals surface area contributed by atoms with E-state index in [1.807, 2.05) is 19.1 Å². The highest BCUT2D eigenvalue weighted by molar-refractivity contribution is 5.33. The highest BCUT2D eigenvalue weighted by atomic mass is 16.5. The highest BCUT2D eigenvalue weighted by Gasteiger charge is 2.20.